The van der Waals surface area contributed by atoms with Gasteiger partial charge in [0.15, 0.2) is 0 Å². The number of hydrogen-bond acceptors (Lipinski definition) is 1. The number of halogens is 3. The van der Waals surface area contributed by atoms with Crippen molar-refractivity contribution in [3.8, 4) is 0 Å². The van der Waals surface area contributed by atoms with Gasteiger partial charge in [0.1, 0.15) is 0 Å². The highest BCUT2D eigenvalue weighted by Gasteiger charge is 2.31. The standard InChI is InChI=1S/C16H30F3N/c1-4-15(2,3)13-7-9-14(10-8-13)20-12-6-5-11-16(17,18)19/h13-14,20H,4-12H2,1-3H3. The molecule has 0 aromatic rings. The van der Waals surface area contributed by atoms with Crippen LogP contribution in [0, 0.1) is 11.3 Å². The Morgan fingerprint density at radius 3 is 2.10 bits per heavy atom. The molecule has 120 valence electrons. The summed E-state index contributed by atoms with van der Waals surface area (Å²) in [7, 11) is 0. The molecule has 0 bridgehead atoms. The minimum absolute atomic E-state index is 0.245. The summed E-state index contributed by atoms with van der Waals surface area (Å²) in [5.41, 5.74) is 0.428. The summed E-state index contributed by atoms with van der Waals surface area (Å²) in [6, 6.07) is 0.518. The van der Waals surface area contributed by atoms with Gasteiger partial charge in [-0.2, -0.15) is 13.2 Å². The lowest BCUT2D eigenvalue weighted by molar-refractivity contribution is -0.135. The van der Waals surface area contributed by atoms with E-state index in [-0.39, 0.29) is 6.42 Å². The first-order valence-corrected chi connectivity index (χ1v) is 8.05. The van der Waals surface area contributed by atoms with E-state index < -0.39 is 12.6 Å². The molecule has 1 fully saturated rings. The molecule has 0 radical (unpaired) electrons. The summed E-state index contributed by atoms with van der Waals surface area (Å²) < 4.78 is 36.0. The molecule has 0 spiro atoms. The molecule has 1 N–H and O–H groups in total. The Balaban J connectivity index is 2.11. The van der Waals surface area contributed by atoms with Crippen molar-refractivity contribution in [3.05, 3.63) is 0 Å². The average Bonchev–Trinajstić information content (AvgIpc) is 2.37. The molecule has 4 heteroatoms. The lowest BCUT2D eigenvalue weighted by Gasteiger charge is -2.39. The van der Waals surface area contributed by atoms with Gasteiger partial charge >= 0.3 is 6.18 Å². The van der Waals surface area contributed by atoms with Crippen molar-refractivity contribution in [2.24, 2.45) is 11.3 Å². The second kappa shape index (κ2) is 7.67. The molecule has 0 unspecified atom stereocenters. The number of rotatable bonds is 7. The van der Waals surface area contributed by atoms with Crippen molar-refractivity contribution in [2.45, 2.75) is 84.4 Å². The van der Waals surface area contributed by atoms with E-state index in [0.717, 1.165) is 12.5 Å². The normalized spacial score (nSPS) is 24.9. The molecular weight excluding hydrogens is 263 g/mol. The molecule has 0 atom stereocenters. The molecule has 0 heterocycles. The highest BCUT2D eigenvalue weighted by atomic mass is 19.4. The first-order valence-electron chi connectivity index (χ1n) is 8.05. The summed E-state index contributed by atoms with van der Waals surface area (Å²) in [6.07, 6.45) is 2.29. The van der Waals surface area contributed by atoms with Crippen LogP contribution in [0.5, 0.6) is 0 Å². The van der Waals surface area contributed by atoms with Crippen molar-refractivity contribution in [3.63, 3.8) is 0 Å². The number of alkyl halides is 3. The summed E-state index contributed by atoms with van der Waals surface area (Å²) in [5.74, 6) is 0.802. The molecule has 1 aliphatic rings. The smallest absolute Gasteiger partial charge is 0.314 e. The third-order valence-corrected chi connectivity index (χ3v) is 5.06. The van der Waals surface area contributed by atoms with E-state index in [1.807, 2.05) is 0 Å². The third-order valence-electron chi connectivity index (χ3n) is 5.06. The summed E-state index contributed by atoms with van der Waals surface area (Å²) in [6.45, 7) is 7.68. The van der Waals surface area contributed by atoms with Crippen molar-refractivity contribution >= 4 is 0 Å². The van der Waals surface area contributed by atoms with Gasteiger partial charge in [-0.1, -0.05) is 27.2 Å². The minimum Gasteiger partial charge on any atom is -0.314 e. The molecule has 0 aromatic heterocycles. The Hall–Kier alpha value is -0.250. The van der Waals surface area contributed by atoms with E-state index in [1.165, 1.54) is 32.1 Å². The Morgan fingerprint density at radius 2 is 1.60 bits per heavy atom. The molecule has 0 aromatic carbocycles. The second-order valence-electron chi connectivity index (χ2n) is 6.92. The molecule has 20 heavy (non-hydrogen) atoms. The van der Waals surface area contributed by atoms with Crippen LogP contribution >= 0.6 is 0 Å². The fourth-order valence-corrected chi connectivity index (χ4v) is 3.12. The van der Waals surface area contributed by atoms with Crippen LogP contribution in [0.25, 0.3) is 0 Å². The fraction of sp³-hybridized carbons (Fsp3) is 1.00. The maximum atomic E-state index is 12.0. The van der Waals surface area contributed by atoms with Crippen LogP contribution in [-0.4, -0.2) is 18.8 Å². The van der Waals surface area contributed by atoms with Gasteiger partial charge in [-0.3, -0.25) is 0 Å². The van der Waals surface area contributed by atoms with Gasteiger partial charge in [-0.15, -0.1) is 0 Å². The molecule has 1 saturated carbocycles. The maximum absolute atomic E-state index is 12.0. The molecular formula is C16H30F3N. The van der Waals surface area contributed by atoms with Crippen molar-refractivity contribution in [1.29, 1.82) is 0 Å². The van der Waals surface area contributed by atoms with E-state index in [2.05, 4.69) is 26.1 Å². The van der Waals surface area contributed by atoms with Crippen LogP contribution in [-0.2, 0) is 0 Å². The lowest BCUT2D eigenvalue weighted by atomic mass is 9.69. The summed E-state index contributed by atoms with van der Waals surface area (Å²) in [5, 5.41) is 3.43. The zero-order valence-corrected chi connectivity index (χ0v) is 13.2. The van der Waals surface area contributed by atoms with E-state index in [9.17, 15) is 13.2 Å². The predicted molar refractivity (Wildman–Crippen MR) is 77.7 cm³/mol. The van der Waals surface area contributed by atoms with Crippen LogP contribution in [0.2, 0.25) is 0 Å². The summed E-state index contributed by atoms with van der Waals surface area (Å²) in [4.78, 5) is 0. The van der Waals surface area contributed by atoms with Gasteiger partial charge in [0.2, 0.25) is 0 Å². The SMILES string of the molecule is CCC(C)(C)C1CCC(NCCCCC(F)(F)F)CC1. The monoisotopic (exact) mass is 293 g/mol. The first kappa shape index (κ1) is 17.8. The van der Waals surface area contributed by atoms with Crippen LogP contribution in [0.4, 0.5) is 13.2 Å². The second-order valence-corrected chi connectivity index (χ2v) is 6.92. The average molecular weight is 293 g/mol. The molecule has 1 aliphatic carbocycles. The lowest BCUT2D eigenvalue weighted by Crippen LogP contribution is -2.37. The minimum atomic E-state index is -4.00. The fourth-order valence-electron chi connectivity index (χ4n) is 3.12. The van der Waals surface area contributed by atoms with Crippen LogP contribution in [0.15, 0.2) is 0 Å². The van der Waals surface area contributed by atoms with E-state index in [1.54, 1.807) is 0 Å². The molecule has 0 saturated heterocycles. The van der Waals surface area contributed by atoms with Gasteiger partial charge in [-0.25, -0.2) is 0 Å². The Labute approximate surface area is 121 Å². The number of hydrogen-bond donors (Lipinski definition) is 1. The molecule has 0 aliphatic heterocycles. The van der Waals surface area contributed by atoms with Crippen LogP contribution < -0.4 is 5.32 Å². The van der Waals surface area contributed by atoms with E-state index in [0.29, 0.717) is 17.9 Å². The zero-order valence-electron chi connectivity index (χ0n) is 13.2. The van der Waals surface area contributed by atoms with Crippen molar-refractivity contribution in [2.75, 3.05) is 6.54 Å². The van der Waals surface area contributed by atoms with E-state index in [4.69, 9.17) is 0 Å². The first-order chi connectivity index (χ1) is 9.24. The molecule has 1 nitrogen and oxygen atoms in total. The Kier molecular flexibility index (Phi) is 6.83. The van der Waals surface area contributed by atoms with E-state index >= 15 is 0 Å². The van der Waals surface area contributed by atoms with Gasteiger partial charge < -0.3 is 5.32 Å². The van der Waals surface area contributed by atoms with Gasteiger partial charge in [0.25, 0.3) is 0 Å². The van der Waals surface area contributed by atoms with Crippen molar-refractivity contribution in [1.82, 2.24) is 5.32 Å². The number of nitrogens with one attached hydrogen (secondary N) is 1. The topological polar surface area (TPSA) is 12.0 Å². The Morgan fingerprint density at radius 1 is 1.00 bits per heavy atom. The van der Waals surface area contributed by atoms with Gasteiger partial charge in [0, 0.05) is 12.5 Å². The summed E-state index contributed by atoms with van der Waals surface area (Å²) >= 11 is 0. The quantitative estimate of drug-likeness (QED) is 0.628. The Bertz CT molecular complexity index is 265. The van der Waals surface area contributed by atoms with Crippen LogP contribution in [0.1, 0.15) is 72.1 Å². The van der Waals surface area contributed by atoms with Gasteiger partial charge in [0.05, 0.1) is 0 Å². The molecule has 0 amide bonds. The zero-order chi connectivity index (χ0) is 15.2. The highest BCUT2D eigenvalue weighted by molar-refractivity contribution is 4.84. The number of unbranched alkanes of at least 4 members (excludes halogenated alkanes) is 1. The van der Waals surface area contributed by atoms with Crippen molar-refractivity contribution < 1.29 is 13.2 Å². The maximum Gasteiger partial charge on any atom is 0.389 e. The molecule has 1 rings (SSSR count). The third kappa shape index (κ3) is 6.47. The van der Waals surface area contributed by atoms with Gasteiger partial charge in [-0.05, 0) is 56.4 Å². The highest BCUT2D eigenvalue weighted by Crippen LogP contribution is 2.40. The predicted octanol–water partition coefficient (Wildman–Crippen LogP) is 5.30. The van der Waals surface area contributed by atoms with Crippen LogP contribution in [0.3, 0.4) is 0 Å². The largest absolute Gasteiger partial charge is 0.389 e.